The van der Waals surface area contributed by atoms with Crippen LogP contribution in [-0.2, 0) is 13.6 Å². The second kappa shape index (κ2) is 6.75. The van der Waals surface area contributed by atoms with Crippen molar-refractivity contribution in [3.63, 3.8) is 0 Å². The van der Waals surface area contributed by atoms with Crippen molar-refractivity contribution >= 4 is 27.6 Å². The number of benzene rings is 3. The third-order valence-electron chi connectivity index (χ3n) is 5.23. The number of aromatic nitrogens is 1. The smallest absolute Gasteiger partial charge is 0.186 e. The Morgan fingerprint density at radius 2 is 1.93 bits per heavy atom. The SMILES string of the molecule is Cc1ccc2c(-c3ccc4c(C#N)c(CNC(=N)N)n(C)c4c3)cccc2c1. The van der Waals surface area contributed by atoms with Crippen molar-refractivity contribution in [2.45, 2.75) is 13.5 Å². The van der Waals surface area contributed by atoms with Gasteiger partial charge in [-0.25, -0.2) is 0 Å². The molecule has 0 saturated heterocycles. The number of hydrogen-bond acceptors (Lipinski definition) is 2. The maximum absolute atomic E-state index is 9.67. The number of hydrogen-bond donors (Lipinski definition) is 3. The zero-order valence-corrected chi connectivity index (χ0v) is 15.9. The molecule has 0 saturated carbocycles. The number of nitrogens with two attached hydrogens (primary N) is 1. The summed E-state index contributed by atoms with van der Waals surface area (Å²) in [6.45, 7) is 2.44. The van der Waals surface area contributed by atoms with Crippen molar-refractivity contribution in [2.75, 3.05) is 0 Å². The second-order valence-corrected chi connectivity index (χ2v) is 7.02. The second-order valence-electron chi connectivity index (χ2n) is 7.02. The Morgan fingerprint density at radius 3 is 2.68 bits per heavy atom. The van der Waals surface area contributed by atoms with Gasteiger partial charge < -0.3 is 15.6 Å². The van der Waals surface area contributed by atoms with Crippen LogP contribution >= 0.6 is 0 Å². The summed E-state index contributed by atoms with van der Waals surface area (Å²) in [4.78, 5) is 0. The van der Waals surface area contributed by atoms with Gasteiger partial charge in [-0.1, -0.05) is 54.1 Å². The summed E-state index contributed by atoms with van der Waals surface area (Å²) < 4.78 is 2.00. The van der Waals surface area contributed by atoms with Gasteiger partial charge in [0.15, 0.2) is 5.96 Å². The first-order valence-electron chi connectivity index (χ1n) is 9.08. The van der Waals surface area contributed by atoms with Crippen LogP contribution in [0.4, 0.5) is 0 Å². The van der Waals surface area contributed by atoms with Gasteiger partial charge in [0.05, 0.1) is 17.8 Å². The summed E-state index contributed by atoms with van der Waals surface area (Å²) in [7, 11) is 1.94. The van der Waals surface area contributed by atoms with Crippen molar-refractivity contribution in [2.24, 2.45) is 12.8 Å². The van der Waals surface area contributed by atoms with E-state index in [-0.39, 0.29) is 5.96 Å². The molecule has 5 nitrogen and oxygen atoms in total. The van der Waals surface area contributed by atoms with E-state index in [1.165, 1.54) is 21.9 Å². The molecule has 28 heavy (non-hydrogen) atoms. The maximum atomic E-state index is 9.67. The third-order valence-corrected chi connectivity index (χ3v) is 5.23. The highest BCUT2D eigenvalue weighted by Gasteiger charge is 2.16. The highest BCUT2D eigenvalue weighted by Crippen LogP contribution is 2.33. The van der Waals surface area contributed by atoms with Crippen LogP contribution in [0.5, 0.6) is 0 Å². The largest absolute Gasteiger partial charge is 0.370 e. The molecule has 0 bridgehead atoms. The van der Waals surface area contributed by atoms with E-state index >= 15 is 0 Å². The first-order valence-corrected chi connectivity index (χ1v) is 9.08. The molecule has 0 unspecified atom stereocenters. The van der Waals surface area contributed by atoms with E-state index in [1.807, 2.05) is 17.7 Å². The number of rotatable bonds is 3. The Hall–Kier alpha value is -3.78. The number of nitrogens with one attached hydrogen (secondary N) is 2. The number of guanidine groups is 1. The standard InChI is InChI=1S/C23H21N5/c1-14-6-8-18-15(10-14)4-3-5-17(18)16-7-9-19-20(12-24)22(13-27-23(25)26)28(2)21(19)11-16/h3-11H,13H2,1-2H3,(H4,25,26,27). The predicted octanol–water partition coefficient (Wildman–Crippen LogP) is 4.16. The van der Waals surface area contributed by atoms with Gasteiger partial charge in [0.1, 0.15) is 6.07 Å². The van der Waals surface area contributed by atoms with Gasteiger partial charge in [-0.2, -0.15) is 5.26 Å². The lowest BCUT2D eigenvalue weighted by molar-refractivity contribution is 0.787. The normalized spacial score (nSPS) is 10.9. The van der Waals surface area contributed by atoms with Crippen LogP contribution in [0.1, 0.15) is 16.8 Å². The minimum absolute atomic E-state index is 0.110. The first-order chi connectivity index (χ1) is 13.5. The van der Waals surface area contributed by atoms with Crippen LogP contribution in [0.25, 0.3) is 32.8 Å². The van der Waals surface area contributed by atoms with E-state index in [1.54, 1.807) is 0 Å². The maximum Gasteiger partial charge on any atom is 0.186 e. The monoisotopic (exact) mass is 367 g/mol. The fraction of sp³-hybridized carbons (Fsp3) is 0.130. The van der Waals surface area contributed by atoms with Gasteiger partial charge >= 0.3 is 0 Å². The van der Waals surface area contributed by atoms with Crippen molar-refractivity contribution in [3.8, 4) is 17.2 Å². The molecular weight excluding hydrogens is 346 g/mol. The topological polar surface area (TPSA) is 90.6 Å². The Kier molecular flexibility index (Phi) is 4.25. The van der Waals surface area contributed by atoms with Gasteiger partial charge in [0.25, 0.3) is 0 Å². The molecule has 4 aromatic rings. The predicted molar refractivity (Wildman–Crippen MR) is 114 cm³/mol. The van der Waals surface area contributed by atoms with E-state index in [2.05, 4.69) is 66.8 Å². The Balaban J connectivity index is 1.91. The number of aryl methyl sites for hydroxylation is 2. The van der Waals surface area contributed by atoms with Crippen molar-refractivity contribution < 1.29 is 0 Å². The summed E-state index contributed by atoms with van der Waals surface area (Å²) in [5, 5.41) is 23.2. The molecule has 0 aliphatic rings. The fourth-order valence-electron chi connectivity index (χ4n) is 3.82. The summed E-state index contributed by atoms with van der Waals surface area (Å²) >= 11 is 0. The highest BCUT2D eigenvalue weighted by atomic mass is 15.1. The molecule has 0 radical (unpaired) electrons. The van der Waals surface area contributed by atoms with E-state index in [4.69, 9.17) is 11.1 Å². The summed E-state index contributed by atoms with van der Waals surface area (Å²) in [5.41, 5.74) is 11.4. The molecule has 0 aliphatic carbocycles. The highest BCUT2D eigenvalue weighted by molar-refractivity contribution is 6.00. The molecule has 0 amide bonds. The zero-order chi connectivity index (χ0) is 19.8. The fourth-order valence-corrected chi connectivity index (χ4v) is 3.82. The van der Waals surface area contributed by atoms with Gasteiger partial charge in [0.2, 0.25) is 0 Å². The van der Waals surface area contributed by atoms with E-state index in [9.17, 15) is 5.26 Å². The lowest BCUT2D eigenvalue weighted by Crippen LogP contribution is -2.30. The van der Waals surface area contributed by atoms with Gasteiger partial charge in [0, 0.05) is 18.0 Å². The Morgan fingerprint density at radius 1 is 1.14 bits per heavy atom. The zero-order valence-electron chi connectivity index (χ0n) is 15.9. The first kappa shape index (κ1) is 17.6. The van der Waals surface area contributed by atoms with Crippen LogP contribution in [0.15, 0.2) is 54.6 Å². The molecule has 1 heterocycles. The lowest BCUT2D eigenvalue weighted by atomic mass is 9.96. The minimum Gasteiger partial charge on any atom is -0.370 e. The van der Waals surface area contributed by atoms with E-state index in [0.29, 0.717) is 12.1 Å². The van der Waals surface area contributed by atoms with Crippen molar-refractivity contribution in [3.05, 3.63) is 71.4 Å². The van der Waals surface area contributed by atoms with Crippen LogP contribution in [0.3, 0.4) is 0 Å². The third kappa shape index (κ3) is 2.85. The molecule has 4 N–H and O–H groups in total. The average Bonchev–Trinajstić information content (AvgIpc) is 2.96. The Bertz CT molecular complexity index is 1270. The quantitative estimate of drug-likeness (QED) is 0.375. The Labute approximate surface area is 163 Å². The molecule has 0 atom stereocenters. The minimum atomic E-state index is -0.110. The summed E-state index contributed by atoms with van der Waals surface area (Å²) in [6, 6.07) is 21.3. The van der Waals surface area contributed by atoms with Crippen LogP contribution < -0.4 is 11.1 Å². The van der Waals surface area contributed by atoms with Gasteiger partial charge in [-0.05, 0) is 34.9 Å². The summed E-state index contributed by atoms with van der Waals surface area (Å²) in [6.07, 6.45) is 0. The van der Waals surface area contributed by atoms with Crippen molar-refractivity contribution in [1.82, 2.24) is 9.88 Å². The number of nitrogens with zero attached hydrogens (tertiary/aromatic N) is 2. The van der Waals surface area contributed by atoms with Crippen LogP contribution in [0, 0.1) is 23.7 Å². The van der Waals surface area contributed by atoms with E-state index in [0.717, 1.165) is 22.2 Å². The van der Waals surface area contributed by atoms with Gasteiger partial charge in [-0.15, -0.1) is 0 Å². The molecule has 0 fully saturated rings. The molecule has 4 rings (SSSR count). The van der Waals surface area contributed by atoms with Crippen molar-refractivity contribution in [1.29, 1.82) is 10.7 Å². The van der Waals surface area contributed by atoms with Crippen LogP contribution in [-0.4, -0.2) is 10.5 Å². The molecule has 5 heteroatoms. The number of nitriles is 1. The van der Waals surface area contributed by atoms with Gasteiger partial charge in [-0.3, -0.25) is 5.41 Å². The molecular formula is C23H21N5. The van der Waals surface area contributed by atoms with Crippen LogP contribution in [0.2, 0.25) is 0 Å². The van der Waals surface area contributed by atoms with E-state index < -0.39 is 0 Å². The lowest BCUT2D eigenvalue weighted by Gasteiger charge is -2.09. The molecule has 0 spiro atoms. The molecule has 1 aromatic heterocycles. The molecule has 3 aromatic carbocycles. The molecule has 138 valence electrons. The number of fused-ring (bicyclic) bond motifs is 2. The summed E-state index contributed by atoms with van der Waals surface area (Å²) in [5.74, 6) is -0.110. The molecule has 0 aliphatic heterocycles. The average molecular weight is 367 g/mol.